The van der Waals surface area contributed by atoms with E-state index in [2.05, 4.69) is 298 Å². The summed E-state index contributed by atoms with van der Waals surface area (Å²) in [5.41, 5.74) is 22.4. The van der Waals surface area contributed by atoms with Gasteiger partial charge in [0.05, 0.1) is 11.4 Å². The molecule has 5 aromatic rings. The van der Waals surface area contributed by atoms with Crippen LogP contribution in [0.4, 0.5) is 5.69 Å². The van der Waals surface area contributed by atoms with Gasteiger partial charge in [-0.1, -0.05) is 352 Å². The van der Waals surface area contributed by atoms with Crippen molar-refractivity contribution < 1.29 is 0 Å². The standard InChI is InChI=1S/C70H83N.2C7H16.C3H8/c1-18-26-54(38-35-47(5)56-39-42-58(50(8)45-56)49(7)36-40-57(20-3)70(15,16)17)64-44-43-62(60(46(4)19-2)41-37-51(9)69(12,13)14)53(11)67(64)71-68(66-34-25-31-59-48(6)27-23-33-65(59)66)52(10)61-32-24-29-55-28-21-22-30-63(55)61;2*1-3-5-7-6-4-2;1-3-2/h20-25,28-46,48H,7,10,18-19,26-27H2,1-6,8-9,11-17H3;2*3-7H2,1-2H3;3H2,1-2H3/b40-36-,47-35+,51-37+,54-38+,57-20+,60-41+,71-68?;;;. The van der Waals surface area contributed by atoms with E-state index in [0.717, 1.165) is 64.9 Å². The molecule has 1 nitrogen and oxygen atoms in total. The summed E-state index contributed by atoms with van der Waals surface area (Å²) in [6, 6.07) is 33.5. The normalized spacial score (nSPS) is 14.6. The maximum Gasteiger partial charge on any atom is 0.0788 e. The number of allylic oxidation sites excluding steroid dienone is 15. The Morgan fingerprint density at radius 1 is 0.625 bits per heavy atom. The predicted molar refractivity (Wildman–Crippen MR) is 403 cm³/mol. The molecule has 0 aromatic heterocycles. The smallest absolute Gasteiger partial charge is 0.0788 e. The summed E-state index contributed by atoms with van der Waals surface area (Å²) in [5.74, 6) is 0.747. The SMILES string of the molecule is C=C(/C=C\C(=C/C)C(C)(C)C)c1ccc(/C(C)=C/C=C(\CCC)c2ccc(/C(=C/C=C(\C)C(C)(C)C)C(C)CC)c(C)c2N=C(C(=C)c2cccc3ccccc23)c2cccc3c2C=CCC3C)cc1C.CCC.CCCCCCC.CCCCCCC. The molecule has 0 radical (unpaired) electrons. The molecular formula is C87H123N. The van der Waals surface area contributed by atoms with E-state index in [1.54, 1.807) is 0 Å². The van der Waals surface area contributed by atoms with Crippen LogP contribution in [0.5, 0.6) is 0 Å². The summed E-state index contributed by atoms with van der Waals surface area (Å²) in [7, 11) is 0. The van der Waals surface area contributed by atoms with Crippen LogP contribution in [0.3, 0.4) is 0 Å². The number of hydrogen-bond acceptors (Lipinski definition) is 1. The number of unbranched alkanes of at least 4 members (excludes halogenated alkanes) is 8. The van der Waals surface area contributed by atoms with Crippen molar-refractivity contribution in [3.63, 3.8) is 0 Å². The summed E-state index contributed by atoms with van der Waals surface area (Å²) >= 11 is 0. The molecule has 0 fully saturated rings. The van der Waals surface area contributed by atoms with Gasteiger partial charge in [0.2, 0.25) is 0 Å². The summed E-state index contributed by atoms with van der Waals surface area (Å²) in [6.07, 6.45) is 39.8. The Labute approximate surface area is 542 Å². The van der Waals surface area contributed by atoms with Gasteiger partial charge in [-0.15, -0.1) is 0 Å². The lowest BCUT2D eigenvalue weighted by atomic mass is 9.82. The molecule has 1 heteroatoms. The molecule has 0 amide bonds. The Morgan fingerprint density at radius 3 is 1.77 bits per heavy atom. The first-order valence-electron chi connectivity index (χ1n) is 34.6. The minimum atomic E-state index is 0.0732. The van der Waals surface area contributed by atoms with Gasteiger partial charge in [0.1, 0.15) is 0 Å². The number of hydrogen-bond donors (Lipinski definition) is 0. The van der Waals surface area contributed by atoms with Crippen LogP contribution in [0.25, 0.3) is 44.7 Å². The van der Waals surface area contributed by atoms with Gasteiger partial charge in [-0.05, 0) is 160 Å². The molecule has 0 saturated carbocycles. The number of benzene rings is 5. The van der Waals surface area contributed by atoms with Gasteiger partial charge in [-0.2, -0.15) is 0 Å². The van der Waals surface area contributed by atoms with Gasteiger partial charge in [-0.3, -0.25) is 0 Å². The van der Waals surface area contributed by atoms with Gasteiger partial charge < -0.3 is 0 Å². The zero-order chi connectivity index (χ0) is 65.6. The minimum Gasteiger partial charge on any atom is -0.247 e. The molecule has 6 rings (SSSR count). The van der Waals surface area contributed by atoms with Crippen LogP contribution < -0.4 is 0 Å². The van der Waals surface area contributed by atoms with E-state index in [4.69, 9.17) is 11.6 Å². The Balaban J connectivity index is 0.00000104. The fraction of sp³-hybridized carbons (Fsp3) is 0.460. The highest BCUT2D eigenvalue weighted by Crippen LogP contribution is 2.43. The molecule has 88 heavy (non-hydrogen) atoms. The van der Waals surface area contributed by atoms with Gasteiger partial charge >= 0.3 is 0 Å². The van der Waals surface area contributed by atoms with Crippen molar-refractivity contribution in [2.45, 2.75) is 248 Å². The van der Waals surface area contributed by atoms with Crippen LogP contribution in [0.2, 0.25) is 0 Å². The molecule has 0 heterocycles. The molecule has 1 aliphatic rings. The van der Waals surface area contributed by atoms with Crippen molar-refractivity contribution in [3.05, 3.63) is 220 Å². The zero-order valence-corrected chi connectivity index (χ0v) is 60.0. The van der Waals surface area contributed by atoms with Gasteiger partial charge in [0, 0.05) is 16.7 Å². The Morgan fingerprint density at radius 2 is 1.20 bits per heavy atom. The van der Waals surface area contributed by atoms with E-state index in [-0.39, 0.29) is 10.8 Å². The van der Waals surface area contributed by atoms with E-state index >= 15 is 0 Å². The Hall–Kier alpha value is -6.31. The summed E-state index contributed by atoms with van der Waals surface area (Å²) < 4.78 is 0. The molecular weight excluding hydrogens is 1060 g/mol. The van der Waals surface area contributed by atoms with Gasteiger partial charge in [0.25, 0.3) is 0 Å². The van der Waals surface area contributed by atoms with E-state index in [9.17, 15) is 0 Å². The molecule has 1 aliphatic carbocycles. The van der Waals surface area contributed by atoms with E-state index in [1.165, 1.54) is 148 Å². The largest absolute Gasteiger partial charge is 0.247 e. The quantitative estimate of drug-likeness (QED) is 0.0332. The molecule has 5 aromatic carbocycles. The third kappa shape index (κ3) is 22.9. The van der Waals surface area contributed by atoms with Crippen LogP contribution in [-0.4, -0.2) is 5.71 Å². The number of nitrogens with zero attached hydrogens (tertiary/aromatic N) is 1. The van der Waals surface area contributed by atoms with E-state index in [0.29, 0.717) is 11.8 Å². The number of aliphatic imine (C=N–C) groups is 1. The first kappa shape index (κ1) is 75.9. The lowest BCUT2D eigenvalue weighted by molar-refractivity contribution is 0.504. The van der Waals surface area contributed by atoms with E-state index < -0.39 is 0 Å². The molecule has 0 N–H and O–H groups in total. The first-order chi connectivity index (χ1) is 41.9. The monoisotopic (exact) mass is 1180 g/mol. The fourth-order valence-corrected chi connectivity index (χ4v) is 11.1. The van der Waals surface area contributed by atoms with Gasteiger partial charge in [-0.25, -0.2) is 4.99 Å². The summed E-state index contributed by atoms with van der Waals surface area (Å²) in [5, 5.41) is 2.37. The second-order valence-electron chi connectivity index (χ2n) is 27.0. The average Bonchev–Trinajstić information content (AvgIpc) is 1.97. The topological polar surface area (TPSA) is 12.4 Å². The van der Waals surface area contributed by atoms with E-state index in [1.807, 2.05) is 0 Å². The lowest BCUT2D eigenvalue weighted by Gasteiger charge is -2.24. The van der Waals surface area contributed by atoms with Crippen molar-refractivity contribution >= 4 is 56.1 Å². The van der Waals surface area contributed by atoms with Crippen molar-refractivity contribution in [1.29, 1.82) is 0 Å². The second-order valence-corrected chi connectivity index (χ2v) is 27.0. The van der Waals surface area contributed by atoms with Crippen LogP contribution >= 0.6 is 0 Å². The summed E-state index contributed by atoms with van der Waals surface area (Å²) in [4.78, 5) is 6.04. The number of rotatable bonds is 24. The minimum absolute atomic E-state index is 0.0732. The Kier molecular flexibility index (Phi) is 33.6. The highest BCUT2D eigenvalue weighted by molar-refractivity contribution is 6.34. The van der Waals surface area contributed by atoms with Crippen LogP contribution in [0.15, 0.2) is 169 Å². The highest BCUT2D eigenvalue weighted by Gasteiger charge is 2.25. The van der Waals surface area contributed by atoms with Crippen molar-refractivity contribution in [1.82, 2.24) is 0 Å². The maximum absolute atomic E-state index is 6.04. The maximum atomic E-state index is 6.04. The lowest BCUT2D eigenvalue weighted by Crippen LogP contribution is -2.11. The molecule has 0 saturated heterocycles. The number of fused-ring (bicyclic) bond motifs is 2. The molecule has 2 atom stereocenters. The average molecular weight is 1180 g/mol. The third-order valence-corrected chi connectivity index (χ3v) is 17.4. The van der Waals surface area contributed by atoms with Gasteiger partial charge in [0.15, 0.2) is 0 Å². The van der Waals surface area contributed by atoms with Crippen molar-refractivity contribution in [3.8, 4) is 0 Å². The zero-order valence-electron chi connectivity index (χ0n) is 60.0. The van der Waals surface area contributed by atoms with Crippen LogP contribution in [0, 0.1) is 30.6 Å². The highest BCUT2D eigenvalue weighted by atomic mass is 14.8. The van der Waals surface area contributed by atoms with Crippen molar-refractivity contribution in [2.24, 2.45) is 21.7 Å². The predicted octanol–water partition coefficient (Wildman–Crippen LogP) is 28.5. The fourth-order valence-electron chi connectivity index (χ4n) is 11.1. The van der Waals surface area contributed by atoms with Crippen LogP contribution in [-0.2, 0) is 0 Å². The third-order valence-electron chi connectivity index (χ3n) is 17.4. The number of aryl methyl sites for hydroxylation is 1. The summed E-state index contributed by atoms with van der Waals surface area (Å²) in [6.45, 7) is 56.7. The molecule has 0 spiro atoms. The van der Waals surface area contributed by atoms with Crippen molar-refractivity contribution in [2.75, 3.05) is 0 Å². The van der Waals surface area contributed by atoms with Crippen LogP contribution in [0.1, 0.15) is 289 Å². The first-order valence-corrected chi connectivity index (χ1v) is 34.6. The molecule has 0 aliphatic heterocycles. The molecule has 2 unspecified atom stereocenters. The molecule has 0 bridgehead atoms. The second kappa shape index (κ2) is 39.0. The molecule has 476 valence electrons. The Bertz CT molecular complexity index is 3230.